The number of benzene rings is 1. The van der Waals surface area contributed by atoms with E-state index < -0.39 is 0 Å². The highest BCUT2D eigenvalue weighted by atomic mass is 16.5. The zero-order valence-electron chi connectivity index (χ0n) is 11.5. The van der Waals surface area contributed by atoms with Crippen molar-refractivity contribution in [1.29, 1.82) is 0 Å². The fourth-order valence-corrected chi connectivity index (χ4v) is 3.31. The molecule has 0 spiro atoms. The lowest BCUT2D eigenvalue weighted by molar-refractivity contribution is -0.151. The van der Waals surface area contributed by atoms with Gasteiger partial charge in [0.25, 0.3) is 0 Å². The first kappa shape index (κ1) is 12.6. The summed E-state index contributed by atoms with van der Waals surface area (Å²) in [4.78, 5) is 0. The third-order valence-electron chi connectivity index (χ3n) is 4.58. The first-order valence-corrected chi connectivity index (χ1v) is 6.98. The van der Waals surface area contributed by atoms with Gasteiger partial charge in [-0.15, -0.1) is 0 Å². The Balaban J connectivity index is 2.60. The van der Waals surface area contributed by atoms with Gasteiger partial charge in [0.15, 0.2) is 0 Å². The van der Waals surface area contributed by atoms with E-state index in [2.05, 4.69) is 52.0 Å². The van der Waals surface area contributed by atoms with E-state index in [1.807, 2.05) is 0 Å². The van der Waals surface area contributed by atoms with E-state index in [1.54, 1.807) is 0 Å². The molecule has 1 aliphatic heterocycles. The Morgan fingerprint density at radius 3 is 1.41 bits per heavy atom. The molecule has 1 heterocycles. The molecule has 94 valence electrons. The van der Waals surface area contributed by atoms with Crippen molar-refractivity contribution in [2.24, 2.45) is 0 Å². The summed E-state index contributed by atoms with van der Waals surface area (Å²) in [6.07, 6.45) is 4.23. The highest BCUT2D eigenvalue weighted by Crippen LogP contribution is 2.53. The summed E-state index contributed by atoms with van der Waals surface area (Å²) >= 11 is 0. The molecule has 1 nitrogen and oxygen atoms in total. The van der Waals surface area contributed by atoms with Crippen molar-refractivity contribution in [3.63, 3.8) is 0 Å². The van der Waals surface area contributed by atoms with Crippen LogP contribution in [0.25, 0.3) is 0 Å². The molecule has 0 bridgehead atoms. The van der Waals surface area contributed by atoms with Gasteiger partial charge in [-0.25, -0.2) is 0 Å². The lowest BCUT2D eigenvalue weighted by Crippen LogP contribution is -2.31. The van der Waals surface area contributed by atoms with Gasteiger partial charge in [0.05, 0.1) is 11.2 Å². The Morgan fingerprint density at radius 2 is 1.12 bits per heavy atom. The Bertz CT molecular complexity index is 349. The minimum Gasteiger partial charge on any atom is -0.359 e. The van der Waals surface area contributed by atoms with Crippen LogP contribution >= 0.6 is 0 Å². The first-order valence-electron chi connectivity index (χ1n) is 6.98. The topological polar surface area (TPSA) is 9.23 Å². The van der Waals surface area contributed by atoms with Crippen molar-refractivity contribution in [1.82, 2.24) is 0 Å². The second kappa shape index (κ2) is 4.45. The predicted octanol–water partition coefficient (Wildman–Crippen LogP) is 4.75. The molecule has 2 rings (SSSR count). The molecular formula is C16H24O. The summed E-state index contributed by atoms with van der Waals surface area (Å²) in [6.45, 7) is 8.95. The van der Waals surface area contributed by atoms with Crippen LogP contribution in [0.1, 0.15) is 64.5 Å². The second-order valence-corrected chi connectivity index (χ2v) is 5.05. The SMILES string of the molecule is CCC1(CC)OC(CC)(CC)c2ccccc21. The van der Waals surface area contributed by atoms with Crippen LogP contribution in [-0.2, 0) is 15.9 Å². The van der Waals surface area contributed by atoms with E-state index >= 15 is 0 Å². The molecule has 1 aromatic rings. The van der Waals surface area contributed by atoms with Crippen LogP contribution in [0.15, 0.2) is 24.3 Å². The molecule has 0 amide bonds. The fraction of sp³-hybridized carbons (Fsp3) is 0.625. The molecular weight excluding hydrogens is 208 g/mol. The van der Waals surface area contributed by atoms with Crippen molar-refractivity contribution in [3.05, 3.63) is 35.4 Å². The summed E-state index contributed by atoms with van der Waals surface area (Å²) in [7, 11) is 0. The quantitative estimate of drug-likeness (QED) is 0.728. The average molecular weight is 232 g/mol. The van der Waals surface area contributed by atoms with Gasteiger partial charge in [0.1, 0.15) is 0 Å². The van der Waals surface area contributed by atoms with Gasteiger partial charge in [-0.05, 0) is 36.8 Å². The average Bonchev–Trinajstić information content (AvgIpc) is 2.71. The van der Waals surface area contributed by atoms with Crippen LogP contribution in [0.2, 0.25) is 0 Å². The van der Waals surface area contributed by atoms with E-state index in [1.165, 1.54) is 11.1 Å². The maximum absolute atomic E-state index is 6.60. The second-order valence-electron chi connectivity index (χ2n) is 5.05. The normalized spacial score (nSPS) is 20.2. The number of hydrogen-bond donors (Lipinski definition) is 0. The fourth-order valence-electron chi connectivity index (χ4n) is 3.31. The van der Waals surface area contributed by atoms with E-state index in [-0.39, 0.29) is 11.2 Å². The molecule has 1 aromatic carbocycles. The van der Waals surface area contributed by atoms with E-state index in [9.17, 15) is 0 Å². The zero-order valence-corrected chi connectivity index (χ0v) is 11.5. The summed E-state index contributed by atoms with van der Waals surface area (Å²) < 4.78 is 6.60. The molecule has 1 heteroatoms. The molecule has 0 saturated carbocycles. The molecule has 0 atom stereocenters. The lowest BCUT2D eigenvalue weighted by Gasteiger charge is -2.34. The van der Waals surface area contributed by atoms with Crippen LogP contribution in [0.3, 0.4) is 0 Å². The molecule has 0 fully saturated rings. The van der Waals surface area contributed by atoms with E-state index in [0.29, 0.717) is 0 Å². The largest absolute Gasteiger partial charge is 0.359 e. The third kappa shape index (κ3) is 1.63. The number of hydrogen-bond acceptors (Lipinski definition) is 1. The monoisotopic (exact) mass is 232 g/mol. The van der Waals surface area contributed by atoms with Crippen molar-refractivity contribution < 1.29 is 4.74 Å². The molecule has 0 radical (unpaired) electrons. The summed E-state index contributed by atoms with van der Waals surface area (Å²) in [5.41, 5.74) is 2.74. The molecule has 1 aliphatic rings. The Labute approximate surface area is 105 Å². The van der Waals surface area contributed by atoms with Gasteiger partial charge in [-0.2, -0.15) is 0 Å². The maximum Gasteiger partial charge on any atom is 0.0941 e. The van der Waals surface area contributed by atoms with E-state index in [0.717, 1.165) is 25.7 Å². The number of ether oxygens (including phenoxy) is 1. The minimum atomic E-state index is -0.0530. The van der Waals surface area contributed by atoms with Crippen LogP contribution in [0.4, 0.5) is 0 Å². The third-order valence-corrected chi connectivity index (χ3v) is 4.58. The van der Waals surface area contributed by atoms with Crippen molar-refractivity contribution in [2.75, 3.05) is 0 Å². The first-order chi connectivity index (χ1) is 8.18. The molecule has 17 heavy (non-hydrogen) atoms. The van der Waals surface area contributed by atoms with Gasteiger partial charge in [-0.3, -0.25) is 0 Å². The van der Waals surface area contributed by atoms with Gasteiger partial charge in [0, 0.05) is 0 Å². The summed E-state index contributed by atoms with van der Waals surface area (Å²) in [6, 6.07) is 8.80. The van der Waals surface area contributed by atoms with Crippen LogP contribution in [0.5, 0.6) is 0 Å². The van der Waals surface area contributed by atoms with Gasteiger partial charge < -0.3 is 4.74 Å². The summed E-state index contributed by atoms with van der Waals surface area (Å²) in [5, 5.41) is 0. The number of rotatable bonds is 4. The van der Waals surface area contributed by atoms with Gasteiger partial charge >= 0.3 is 0 Å². The van der Waals surface area contributed by atoms with Crippen LogP contribution in [0, 0.1) is 0 Å². The van der Waals surface area contributed by atoms with Gasteiger partial charge in [-0.1, -0.05) is 52.0 Å². The van der Waals surface area contributed by atoms with Crippen LogP contribution < -0.4 is 0 Å². The Kier molecular flexibility index (Phi) is 3.31. The molecule has 0 N–H and O–H groups in total. The van der Waals surface area contributed by atoms with Gasteiger partial charge in [0.2, 0.25) is 0 Å². The zero-order chi connectivity index (χ0) is 12.5. The maximum atomic E-state index is 6.60. The molecule has 0 saturated heterocycles. The molecule has 0 aromatic heterocycles. The highest BCUT2D eigenvalue weighted by molar-refractivity contribution is 5.41. The Morgan fingerprint density at radius 1 is 0.765 bits per heavy atom. The highest BCUT2D eigenvalue weighted by Gasteiger charge is 2.49. The minimum absolute atomic E-state index is 0.0530. The van der Waals surface area contributed by atoms with Crippen molar-refractivity contribution >= 4 is 0 Å². The lowest BCUT2D eigenvalue weighted by atomic mass is 9.83. The summed E-state index contributed by atoms with van der Waals surface area (Å²) in [5.74, 6) is 0. The standard InChI is InChI=1S/C16H24O/c1-5-15(6-2)13-11-9-10-12-14(13)16(7-3,8-4)17-15/h9-12H,5-8H2,1-4H3. The van der Waals surface area contributed by atoms with Crippen LogP contribution in [-0.4, -0.2) is 0 Å². The van der Waals surface area contributed by atoms with Crippen molar-refractivity contribution in [3.8, 4) is 0 Å². The molecule has 0 aliphatic carbocycles. The molecule has 0 unspecified atom stereocenters. The smallest absolute Gasteiger partial charge is 0.0941 e. The number of fused-ring (bicyclic) bond motifs is 1. The predicted molar refractivity (Wildman–Crippen MR) is 72.0 cm³/mol. The van der Waals surface area contributed by atoms with Crippen molar-refractivity contribution in [2.45, 2.75) is 64.6 Å². The van der Waals surface area contributed by atoms with E-state index in [4.69, 9.17) is 4.74 Å². The Hall–Kier alpha value is -0.820.